The normalized spacial score (nSPS) is 17.3. The maximum atomic E-state index is 12.7. The maximum absolute atomic E-state index is 12.7. The van der Waals surface area contributed by atoms with Crippen molar-refractivity contribution >= 4 is 16.9 Å². The van der Waals surface area contributed by atoms with Gasteiger partial charge in [0, 0.05) is 38.4 Å². The Hall–Kier alpha value is -2.96. The van der Waals surface area contributed by atoms with Gasteiger partial charge >= 0.3 is 0 Å². The number of fused-ring (bicyclic) bond motifs is 1. The lowest BCUT2D eigenvalue weighted by atomic mass is 10.1. The Morgan fingerprint density at radius 2 is 2.12 bits per heavy atom. The zero-order chi connectivity index (χ0) is 17.4. The quantitative estimate of drug-likeness (QED) is 0.719. The molecule has 25 heavy (non-hydrogen) atoms. The van der Waals surface area contributed by atoms with E-state index in [4.69, 9.17) is 0 Å². The second-order valence-electron chi connectivity index (χ2n) is 6.39. The average Bonchev–Trinajstić information content (AvgIpc) is 3.26. The van der Waals surface area contributed by atoms with Gasteiger partial charge in [-0.05, 0) is 18.6 Å². The van der Waals surface area contributed by atoms with Crippen molar-refractivity contribution in [3.8, 4) is 0 Å². The van der Waals surface area contributed by atoms with Crippen LogP contribution in [0.4, 0.5) is 0 Å². The molecular weight excluding hydrogens is 318 g/mol. The van der Waals surface area contributed by atoms with Gasteiger partial charge in [0.15, 0.2) is 0 Å². The van der Waals surface area contributed by atoms with Crippen molar-refractivity contribution < 1.29 is 4.79 Å². The highest BCUT2D eigenvalue weighted by Gasteiger charge is 2.29. The van der Waals surface area contributed by atoms with E-state index in [2.05, 4.69) is 9.97 Å². The fraction of sp³-hybridized carbons (Fsp3) is 0.333. The number of para-hydroxylation sites is 2. The van der Waals surface area contributed by atoms with E-state index in [1.807, 2.05) is 47.0 Å². The second-order valence-corrected chi connectivity index (χ2v) is 6.39. The van der Waals surface area contributed by atoms with Crippen LogP contribution in [0.15, 0.2) is 47.7 Å². The van der Waals surface area contributed by atoms with E-state index in [0.29, 0.717) is 24.1 Å². The minimum Gasteiger partial charge on any atom is -0.340 e. The zero-order valence-electron chi connectivity index (χ0n) is 14.0. The summed E-state index contributed by atoms with van der Waals surface area (Å²) < 4.78 is 3.50. The Morgan fingerprint density at radius 1 is 1.28 bits per heavy atom. The van der Waals surface area contributed by atoms with Crippen molar-refractivity contribution in [2.45, 2.75) is 18.9 Å². The number of hydrogen-bond acceptors (Lipinski definition) is 4. The molecule has 128 valence electrons. The Morgan fingerprint density at radius 3 is 2.92 bits per heavy atom. The number of hydrogen-bond donors (Lipinski definition) is 0. The molecule has 0 bridgehead atoms. The van der Waals surface area contributed by atoms with E-state index < -0.39 is 0 Å². The molecule has 1 aliphatic rings. The van der Waals surface area contributed by atoms with Crippen molar-refractivity contribution in [2.24, 2.45) is 7.05 Å². The number of nitrogens with zero attached hydrogens (tertiary/aromatic N) is 5. The smallest absolute Gasteiger partial charge is 0.269 e. The molecule has 0 radical (unpaired) electrons. The number of carbonyl (C=O) groups is 1. The van der Waals surface area contributed by atoms with Crippen molar-refractivity contribution in [2.75, 3.05) is 13.1 Å². The SMILES string of the molecule is Cn1ccnc1C1CCN(C(=O)Cn2c(=O)cnc3ccccc32)C1. The molecule has 4 rings (SSSR count). The fourth-order valence-corrected chi connectivity index (χ4v) is 3.48. The maximum Gasteiger partial charge on any atom is 0.269 e. The van der Waals surface area contributed by atoms with Gasteiger partial charge in [0.05, 0.1) is 17.2 Å². The predicted molar refractivity (Wildman–Crippen MR) is 93.1 cm³/mol. The van der Waals surface area contributed by atoms with Crippen LogP contribution in [0.2, 0.25) is 0 Å². The third-order valence-corrected chi connectivity index (χ3v) is 4.81. The van der Waals surface area contributed by atoms with Gasteiger partial charge in [-0.2, -0.15) is 0 Å². The van der Waals surface area contributed by atoms with Crippen LogP contribution in [-0.4, -0.2) is 43.0 Å². The van der Waals surface area contributed by atoms with Crippen LogP contribution in [-0.2, 0) is 18.4 Å². The van der Waals surface area contributed by atoms with Crippen LogP contribution in [0, 0.1) is 0 Å². The molecule has 1 amide bonds. The van der Waals surface area contributed by atoms with Gasteiger partial charge in [-0.1, -0.05) is 12.1 Å². The Kier molecular flexibility index (Phi) is 3.83. The molecule has 3 heterocycles. The average molecular weight is 337 g/mol. The molecule has 1 unspecified atom stereocenters. The highest BCUT2D eigenvalue weighted by molar-refractivity contribution is 5.80. The first kappa shape index (κ1) is 15.6. The molecule has 1 saturated heterocycles. The number of benzene rings is 1. The number of carbonyl (C=O) groups excluding carboxylic acids is 1. The summed E-state index contributed by atoms with van der Waals surface area (Å²) in [6, 6.07) is 7.36. The van der Waals surface area contributed by atoms with Gasteiger partial charge in [-0.3, -0.25) is 14.2 Å². The summed E-state index contributed by atoms with van der Waals surface area (Å²) >= 11 is 0. The van der Waals surface area contributed by atoms with Crippen molar-refractivity contribution in [1.82, 2.24) is 24.0 Å². The van der Waals surface area contributed by atoms with Crippen LogP contribution >= 0.6 is 0 Å². The third kappa shape index (κ3) is 2.82. The molecule has 1 aromatic carbocycles. The highest BCUT2D eigenvalue weighted by atomic mass is 16.2. The number of likely N-dealkylation sites (tertiary alicyclic amines) is 1. The standard InChI is InChI=1S/C18H19N5O2/c1-21-9-7-19-18(21)13-6-8-22(11-13)17(25)12-23-15-5-3-2-4-14(15)20-10-16(23)24/h2-5,7,9-10,13H,6,8,11-12H2,1H3. The summed E-state index contributed by atoms with van der Waals surface area (Å²) in [6.07, 6.45) is 5.86. The van der Waals surface area contributed by atoms with E-state index in [1.54, 1.807) is 6.20 Å². The molecule has 0 saturated carbocycles. The third-order valence-electron chi connectivity index (χ3n) is 4.81. The largest absolute Gasteiger partial charge is 0.340 e. The van der Waals surface area contributed by atoms with Crippen LogP contribution in [0.1, 0.15) is 18.2 Å². The van der Waals surface area contributed by atoms with Crippen LogP contribution < -0.4 is 5.56 Å². The summed E-state index contributed by atoms with van der Waals surface area (Å²) in [7, 11) is 1.97. The topological polar surface area (TPSA) is 73.0 Å². The van der Waals surface area contributed by atoms with Gasteiger partial charge < -0.3 is 9.47 Å². The van der Waals surface area contributed by atoms with Crippen LogP contribution in [0.25, 0.3) is 11.0 Å². The molecule has 0 N–H and O–H groups in total. The van der Waals surface area contributed by atoms with Crippen molar-refractivity contribution in [3.63, 3.8) is 0 Å². The number of rotatable bonds is 3. The lowest BCUT2D eigenvalue weighted by Crippen LogP contribution is -2.35. The molecule has 0 aliphatic carbocycles. The summed E-state index contributed by atoms with van der Waals surface area (Å²) in [4.78, 5) is 35.3. The minimum atomic E-state index is -0.258. The summed E-state index contributed by atoms with van der Waals surface area (Å²) in [5.74, 6) is 1.20. The van der Waals surface area contributed by atoms with E-state index in [-0.39, 0.29) is 23.9 Å². The molecule has 7 nitrogen and oxygen atoms in total. The highest BCUT2D eigenvalue weighted by Crippen LogP contribution is 2.25. The number of aromatic nitrogens is 4. The van der Waals surface area contributed by atoms with E-state index in [0.717, 1.165) is 12.2 Å². The molecule has 1 aliphatic heterocycles. The van der Waals surface area contributed by atoms with Gasteiger partial charge in [0.25, 0.3) is 5.56 Å². The van der Waals surface area contributed by atoms with Gasteiger partial charge in [0.2, 0.25) is 5.91 Å². The molecule has 2 aromatic heterocycles. The summed E-state index contributed by atoms with van der Waals surface area (Å²) in [5, 5.41) is 0. The van der Waals surface area contributed by atoms with Gasteiger partial charge in [-0.15, -0.1) is 0 Å². The number of aryl methyl sites for hydroxylation is 1. The van der Waals surface area contributed by atoms with E-state index in [1.165, 1.54) is 10.8 Å². The Balaban J connectivity index is 1.55. The Labute approximate surface area is 144 Å². The Bertz CT molecular complexity index is 990. The molecule has 0 spiro atoms. The molecule has 1 atom stereocenters. The van der Waals surface area contributed by atoms with E-state index in [9.17, 15) is 9.59 Å². The number of imidazole rings is 1. The van der Waals surface area contributed by atoms with Gasteiger partial charge in [-0.25, -0.2) is 9.97 Å². The first-order valence-electron chi connectivity index (χ1n) is 8.33. The van der Waals surface area contributed by atoms with Gasteiger partial charge in [0.1, 0.15) is 12.4 Å². The first-order valence-corrected chi connectivity index (χ1v) is 8.33. The lowest BCUT2D eigenvalue weighted by molar-refractivity contribution is -0.130. The molecule has 1 fully saturated rings. The predicted octanol–water partition coefficient (Wildman–Crippen LogP) is 1.15. The molecule has 7 heteroatoms. The second kappa shape index (κ2) is 6.16. The summed E-state index contributed by atoms with van der Waals surface area (Å²) in [5.41, 5.74) is 1.14. The van der Waals surface area contributed by atoms with E-state index >= 15 is 0 Å². The summed E-state index contributed by atoms with van der Waals surface area (Å²) in [6.45, 7) is 1.37. The van der Waals surface area contributed by atoms with Crippen molar-refractivity contribution in [3.05, 3.63) is 59.0 Å². The molecule has 3 aromatic rings. The van der Waals surface area contributed by atoms with Crippen LogP contribution in [0.3, 0.4) is 0 Å². The monoisotopic (exact) mass is 337 g/mol. The fourth-order valence-electron chi connectivity index (χ4n) is 3.48. The van der Waals surface area contributed by atoms with Crippen LogP contribution in [0.5, 0.6) is 0 Å². The lowest BCUT2D eigenvalue weighted by Gasteiger charge is -2.18. The first-order chi connectivity index (χ1) is 12.1. The minimum absolute atomic E-state index is 0.0369. The van der Waals surface area contributed by atoms with Crippen molar-refractivity contribution in [1.29, 1.82) is 0 Å². The zero-order valence-corrected chi connectivity index (χ0v) is 14.0. The number of amides is 1. The molecular formula is C18H19N5O2.